The van der Waals surface area contributed by atoms with Crippen LogP contribution >= 0.6 is 0 Å². The maximum absolute atomic E-state index is 2.38. The lowest BCUT2D eigenvalue weighted by atomic mass is 9.87. The van der Waals surface area contributed by atoms with Crippen LogP contribution in [0.1, 0.15) is 44.1 Å². The lowest BCUT2D eigenvalue weighted by molar-refractivity contribution is 0.461. The second kappa shape index (κ2) is 3.95. The van der Waals surface area contributed by atoms with Gasteiger partial charge in [-0.2, -0.15) is 0 Å². The molecule has 0 amide bonds. The Kier molecular flexibility index (Phi) is 2.68. The summed E-state index contributed by atoms with van der Waals surface area (Å²) in [4.78, 5) is 0. The van der Waals surface area contributed by atoms with Gasteiger partial charge in [0.25, 0.3) is 0 Å². The van der Waals surface area contributed by atoms with Crippen LogP contribution in [0.25, 0.3) is 0 Å². The third-order valence-electron chi connectivity index (χ3n) is 3.43. The Bertz CT molecular complexity index is 244. The highest BCUT2D eigenvalue weighted by Crippen LogP contribution is 2.36. The van der Waals surface area contributed by atoms with Crippen LogP contribution < -0.4 is 0 Å². The van der Waals surface area contributed by atoms with E-state index in [0.717, 1.165) is 11.8 Å². The van der Waals surface area contributed by atoms with Gasteiger partial charge in [-0.3, -0.25) is 0 Å². The summed E-state index contributed by atoms with van der Waals surface area (Å²) in [5.74, 6) is 1.71. The molecular formula is C13H18. The third kappa shape index (κ3) is 1.93. The zero-order valence-corrected chi connectivity index (χ0v) is 8.37. The summed E-state index contributed by atoms with van der Waals surface area (Å²) in [5.41, 5.74) is 1.52. The number of benzene rings is 1. The summed E-state index contributed by atoms with van der Waals surface area (Å²) in [6, 6.07) is 10.9. The van der Waals surface area contributed by atoms with Crippen molar-refractivity contribution in [1.29, 1.82) is 0 Å². The number of hydrogen-bond donors (Lipinski definition) is 0. The predicted octanol–water partition coefficient (Wildman–Crippen LogP) is 3.98. The Labute approximate surface area is 81.0 Å². The van der Waals surface area contributed by atoms with Crippen LogP contribution in [0.2, 0.25) is 0 Å². The molecule has 1 atom stereocenters. The third-order valence-corrected chi connectivity index (χ3v) is 3.43. The predicted molar refractivity (Wildman–Crippen MR) is 56.8 cm³/mol. The zero-order valence-electron chi connectivity index (χ0n) is 8.37. The molecule has 0 unspecified atom stereocenters. The number of hydrogen-bond acceptors (Lipinski definition) is 0. The summed E-state index contributed by atoms with van der Waals surface area (Å²) in [6.07, 6.45) is 5.77. The van der Waals surface area contributed by atoms with Crippen molar-refractivity contribution in [2.45, 2.75) is 38.5 Å². The van der Waals surface area contributed by atoms with Gasteiger partial charge in [-0.25, -0.2) is 0 Å². The normalized spacial score (nSPS) is 20.4. The molecule has 0 bridgehead atoms. The van der Waals surface area contributed by atoms with Gasteiger partial charge >= 0.3 is 0 Å². The molecule has 1 fully saturated rings. The van der Waals surface area contributed by atoms with Crippen molar-refractivity contribution in [2.24, 2.45) is 5.92 Å². The first kappa shape index (κ1) is 8.80. The van der Waals surface area contributed by atoms with E-state index < -0.39 is 0 Å². The molecule has 0 heterocycles. The van der Waals surface area contributed by atoms with Crippen molar-refractivity contribution in [3.8, 4) is 0 Å². The number of rotatable bonds is 2. The molecule has 1 aromatic rings. The van der Waals surface area contributed by atoms with E-state index in [1.54, 1.807) is 0 Å². The fraction of sp³-hybridized carbons (Fsp3) is 0.538. The molecule has 13 heavy (non-hydrogen) atoms. The fourth-order valence-corrected chi connectivity index (χ4v) is 2.49. The smallest absolute Gasteiger partial charge is 0.0162 e. The Morgan fingerprint density at radius 1 is 1.08 bits per heavy atom. The molecule has 0 nitrogen and oxygen atoms in total. The molecule has 1 aliphatic carbocycles. The largest absolute Gasteiger partial charge is 0.0622 e. The summed E-state index contributed by atoms with van der Waals surface area (Å²) in [7, 11) is 0. The molecule has 0 N–H and O–H groups in total. The highest BCUT2D eigenvalue weighted by Gasteiger charge is 2.22. The van der Waals surface area contributed by atoms with E-state index in [1.807, 2.05) is 0 Å². The van der Waals surface area contributed by atoms with Crippen molar-refractivity contribution in [3.63, 3.8) is 0 Å². The van der Waals surface area contributed by atoms with Gasteiger partial charge in [0.2, 0.25) is 0 Å². The average Bonchev–Trinajstić information content (AvgIpc) is 2.71. The average molecular weight is 174 g/mol. The Morgan fingerprint density at radius 2 is 1.69 bits per heavy atom. The van der Waals surface area contributed by atoms with Gasteiger partial charge in [0.15, 0.2) is 0 Å². The minimum absolute atomic E-state index is 0.767. The van der Waals surface area contributed by atoms with Crippen molar-refractivity contribution in [2.75, 3.05) is 0 Å². The molecule has 1 aliphatic rings. The van der Waals surface area contributed by atoms with Gasteiger partial charge in [-0.1, -0.05) is 50.1 Å². The van der Waals surface area contributed by atoms with Crippen LogP contribution in [0.4, 0.5) is 0 Å². The van der Waals surface area contributed by atoms with E-state index in [0.29, 0.717) is 0 Å². The SMILES string of the molecule is C[C@@H](c1ccccc1)C1CCCC1. The van der Waals surface area contributed by atoms with Crippen LogP contribution in [0, 0.1) is 5.92 Å². The second-order valence-electron chi connectivity index (χ2n) is 4.24. The van der Waals surface area contributed by atoms with E-state index in [4.69, 9.17) is 0 Å². The molecule has 1 saturated carbocycles. The molecule has 70 valence electrons. The summed E-state index contributed by atoms with van der Waals surface area (Å²) in [6.45, 7) is 2.38. The van der Waals surface area contributed by atoms with Crippen molar-refractivity contribution in [1.82, 2.24) is 0 Å². The molecule has 0 heteroatoms. The molecule has 0 saturated heterocycles. The molecule has 2 rings (SSSR count). The van der Waals surface area contributed by atoms with Crippen molar-refractivity contribution < 1.29 is 0 Å². The fourth-order valence-electron chi connectivity index (χ4n) is 2.49. The van der Waals surface area contributed by atoms with Crippen LogP contribution in [-0.4, -0.2) is 0 Å². The maximum atomic E-state index is 2.38. The van der Waals surface area contributed by atoms with Crippen molar-refractivity contribution >= 4 is 0 Å². The van der Waals surface area contributed by atoms with Gasteiger partial charge < -0.3 is 0 Å². The summed E-state index contributed by atoms with van der Waals surface area (Å²) >= 11 is 0. The summed E-state index contributed by atoms with van der Waals surface area (Å²) < 4.78 is 0. The quantitative estimate of drug-likeness (QED) is 0.636. The topological polar surface area (TPSA) is 0 Å². The molecule has 0 spiro atoms. The zero-order chi connectivity index (χ0) is 9.10. The molecule has 0 radical (unpaired) electrons. The van der Waals surface area contributed by atoms with Crippen LogP contribution in [0.3, 0.4) is 0 Å². The molecular weight excluding hydrogens is 156 g/mol. The van der Waals surface area contributed by atoms with E-state index in [-0.39, 0.29) is 0 Å². The van der Waals surface area contributed by atoms with Gasteiger partial charge in [0.1, 0.15) is 0 Å². The van der Waals surface area contributed by atoms with Crippen LogP contribution in [0.5, 0.6) is 0 Å². The van der Waals surface area contributed by atoms with Gasteiger partial charge in [-0.05, 0) is 30.2 Å². The van der Waals surface area contributed by atoms with Crippen LogP contribution in [0.15, 0.2) is 30.3 Å². The first-order valence-electron chi connectivity index (χ1n) is 5.43. The molecule has 0 aliphatic heterocycles. The van der Waals surface area contributed by atoms with Gasteiger partial charge in [0.05, 0.1) is 0 Å². The van der Waals surface area contributed by atoms with Crippen LogP contribution in [-0.2, 0) is 0 Å². The molecule has 1 aromatic carbocycles. The Morgan fingerprint density at radius 3 is 2.31 bits per heavy atom. The Hall–Kier alpha value is -0.780. The van der Waals surface area contributed by atoms with Gasteiger partial charge in [0, 0.05) is 0 Å². The first-order chi connectivity index (χ1) is 6.38. The van der Waals surface area contributed by atoms with Gasteiger partial charge in [-0.15, -0.1) is 0 Å². The minimum Gasteiger partial charge on any atom is -0.0622 e. The summed E-state index contributed by atoms with van der Waals surface area (Å²) in [5, 5.41) is 0. The Balaban J connectivity index is 2.08. The second-order valence-corrected chi connectivity index (χ2v) is 4.24. The minimum atomic E-state index is 0.767. The monoisotopic (exact) mass is 174 g/mol. The lowest BCUT2D eigenvalue weighted by Crippen LogP contribution is -2.05. The first-order valence-corrected chi connectivity index (χ1v) is 5.43. The standard InChI is InChI=1S/C13H18/c1-11(13-9-5-6-10-13)12-7-3-2-4-8-12/h2-4,7-8,11,13H,5-6,9-10H2,1H3/t11-/m0/s1. The highest BCUT2D eigenvalue weighted by atomic mass is 14.3. The van der Waals surface area contributed by atoms with E-state index in [9.17, 15) is 0 Å². The van der Waals surface area contributed by atoms with E-state index >= 15 is 0 Å². The van der Waals surface area contributed by atoms with E-state index in [2.05, 4.69) is 37.3 Å². The lowest BCUT2D eigenvalue weighted by Gasteiger charge is -2.18. The maximum Gasteiger partial charge on any atom is -0.0162 e. The molecule has 0 aromatic heterocycles. The highest BCUT2D eigenvalue weighted by molar-refractivity contribution is 5.19. The van der Waals surface area contributed by atoms with Crippen molar-refractivity contribution in [3.05, 3.63) is 35.9 Å². The van der Waals surface area contributed by atoms with E-state index in [1.165, 1.54) is 31.2 Å².